The summed E-state index contributed by atoms with van der Waals surface area (Å²) in [5.41, 5.74) is 4.64. The van der Waals surface area contributed by atoms with Crippen molar-refractivity contribution in [1.82, 2.24) is 9.78 Å². The highest BCUT2D eigenvalue weighted by Gasteiger charge is 2.09. The van der Waals surface area contributed by atoms with Crippen LogP contribution in [0.4, 0.5) is 0 Å². The maximum atomic E-state index is 8.87. The van der Waals surface area contributed by atoms with Crippen LogP contribution in [0.2, 0.25) is 0 Å². The van der Waals surface area contributed by atoms with Crippen molar-refractivity contribution >= 4 is 0 Å². The van der Waals surface area contributed by atoms with Crippen molar-refractivity contribution in [2.75, 3.05) is 7.11 Å². The largest absolute Gasteiger partial charge is 0.497 e. The van der Waals surface area contributed by atoms with Gasteiger partial charge in [0.2, 0.25) is 0 Å². The summed E-state index contributed by atoms with van der Waals surface area (Å²) in [5.74, 6) is 0.826. The van der Waals surface area contributed by atoms with Crippen LogP contribution in [-0.4, -0.2) is 16.9 Å². The van der Waals surface area contributed by atoms with Crippen molar-refractivity contribution in [3.8, 4) is 34.3 Å². The molecule has 2 aromatic carbocycles. The van der Waals surface area contributed by atoms with E-state index < -0.39 is 0 Å². The monoisotopic (exact) mass is 289 g/mol. The number of nitrogens with zero attached hydrogens (tertiary/aromatic N) is 3. The van der Waals surface area contributed by atoms with E-state index in [-0.39, 0.29) is 0 Å². The minimum Gasteiger partial charge on any atom is -0.497 e. The smallest absolute Gasteiger partial charge is 0.118 e. The molecule has 4 nitrogen and oxygen atoms in total. The molecule has 0 atom stereocenters. The average molecular weight is 289 g/mol. The van der Waals surface area contributed by atoms with Crippen LogP contribution in [0.15, 0.2) is 54.6 Å². The van der Waals surface area contributed by atoms with Gasteiger partial charge in [-0.1, -0.05) is 12.1 Å². The summed E-state index contributed by atoms with van der Waals surface area (Å²) in [6.07, 6.45) is 0. The van der Waals surface area contributed by atoms with E-state index in [9.17, 15) is 0 Å². The Hall–Kier alpha value is -3.06. The lowest BCUT2D eigenvalue weighted by Gasteiger charge is -2.00. The topological polar surface area (TPSA) is 50.8 Å². The maximum absolute atomic E-state index is 8.87. The van der Waals surface area contributed by atoms with E-state index in [4.69, 9.17) is 10.00 Å². The number of benzene rings is 2. The van der Waals surface area contributed by atoms with Crippen molar-refractivity contribution in [3.63, 3.8) is 0 Å². The molecule has 1 aromatic heterocycles. The molecule has 0 radical (unpaired) electrons. The second kappa shape index (κ2) is 5.74. The van der Waals surface area contributed by atoms with Crippen molar-refractivity contribution in [3.05, 3.63) is 60.2 Å². The van der Waals surface area contributed by atoms with Crippen LogP contribution in [-0.2, 0) is 7.05 Å². The molecule has 0 aliphatic carbocycles. The molecule has 0 spiro atoms. The van der Waals surface area contributed by atoms with Crippen LogP contribution in [0.25, 0.3) is 22.5 Å². The zero-order valence-electron chi connectivity index (χ0n) is 12.4. The van der Waals surface area contributed by atoms with Crippen molar-refractivity contribution < 1.29 is 4.74 Å². The van der Waals surface area contributed by atoms with Crippen molar-refractivity contribution in [1.29, 1.82) is 5.26 Å². The number of nitriles is 1. The minimum absolute atomic E-state index is 0.654. The van der Waals surface area contributed by atoms with Crippen molar-refractivity contribution in [2.24, 2.45) is 7.05 Å². The van der Waals surface area contributed by atoms with Crippen LogP contribution in [0.5, 0.6) is 5.75 Å². The van der Waals surface area contributed by atoms with Gasteiger partial charge < -0.3 is 4.74 Å². The second-order valence-electron chi connectivity index (χ2n) is 4.96. The van der Waals surface area contributed by atoms with Crippen LogP contribution in [0, 0.1) is 11.3 Å². The molecule has 3 aromatic rings. The fourth-order valence-corrected chi connectivity index (χ4v) is 2.36. The van der Waals surface area contributed by atoms with Crippen LogP contribution >= 0.6 is 0 Å². The molecule has 0 aliphatic heterocycles. The molecule has 0 aliphatic rings. The van der Waals surface area contributed by atoms with Gasteiger partial charge in [0.05, 0.1) is 30.1 Å². The van der Waals surface area contributed by atoms with Gasteiger partial charge in [-0.25, -0.2) is 0 Å². The summed E-state index contributed by atoms with van der Waals surface area (Å²) in [7, 11) is 3.57. The number of hydrogen-bond donors (Lipinski definition) is 0. The molecule has 1 heterocycles. The third-order valence-corrected chi connectivity index (χ3v) is 3.58. The predicted octanol–water partition coefficient (Wildman–Crippen LogP) is 3.63. The molecule has 0 fully saturated rings. The van der Waals surface area contributed by atoms with Gasteiger partial charge in [0.15, 0.2) is 0 Å². The zero-order valence-corrected chi connectivity index (χ0v) is 12.4. The standard InChI is InChI=1S/C18H15N3O/c1-21-18(15-5-3-13(12-19)4-6-15)11-17(20-21)14-7-9-16(22-2)10-8-14/h3-11H,1-2H3. The molecule has 0 saturated heterocycles. The van der Waals surface area contributed by atoms with Gasteiger partial charge in [-0.3, -0.25) is 4.68 Å². The number of ether oxygens (including phenoxy) is 1. The molecule has 0 amide bonds. The highest BCUT2D eigenvalue weighted by Crippen LogP contribution is 2.27. The van der Waals surface area contributed by atoms with E-state index in [0.29, 0.717) is 5.56 Å². The summed E-state index contributed by atoms with van der Waals surface area (Å²) in [6.45, 7) is 0. The molecule has 0 N–H and O–H groups in total. The Labute approximate surface area is 129 Å². The Bertz CT molecular complexity index is 824. The first-order chi connectivity index (χ1) is 10.7. The molecular formula is C18H15N3O. The van der Waals surface area contributed by atoms with Gasteiger partial charge in [0, 0.05) is 12.6 Å². The molecule has 108 valence electrons. The van der Waals surface area contributed by atoms with E-state index in [1.807, 2.05) is 66.3 Å². The summed E-state index contributed by atoms with van der Waals surface area (Å²) in [6, 6.07) is 19.5. The van der Waals surface area contributed by atoms with Gasteiger partial charge >= 0.3 is 0 Å². The normalized spacial score (nSPS) is 10.2. The second-order valence-corrected chi connectivity index (χ2v) is 4.96. The number of aryl methyl sites for hydroxylation is 1. The third kappa shape index (κ3) is 2.57. The summed E-state index contributed by atoms with van der Waals surface area (Å²) in [4.78, 5) is 0. The lowest BCUT2D eigenvalue weighted by atomic mass is 10.1. The first kappa shape index (κ1) is 13.9. The molecule has 4 heteroatoms. The first-order valence-electron chi connectivity index (χ1n) is 6.90. The lowest BCUT2D eigenvalue weighted by Crippen LogP contribution is -1.93. The van der Waals surface area contributed by atoms with Gasteiger partial charge in [0.25, 0.3) is 0 Å². The summed E-state index contributed by atoms with van der Waals surface area (Å²) < 4.78 is 7.02. The molecule has 0 unspecified atom stereocenters. The average Bonchev–Trinajstić information content (AvgIpc) is 2.97. The van der Waals surface area contributed by atoms with Crippen LogP contribution in [0.3, 0.4) is 0 Å². The fourth-order valence-electron chi connectivity index (χ4n) is 2.36. The number of aromatic nitrogens is 2. The van der Waals surface area contributed by atoms with E-state index in [1.165, 1.54) is 0 Å². The molecule has 3 rings (SSSR count). The summed E-state index contributed by atoms with van der Waals surface area (Å²) in [5, 5.41) is 13.4. The molecular weight excluding hydrogens is 274 g/mol. The fraction of sp³-hybridized carbons (Fsp3) is 0.111. The molecule has 0 bridgehead atoms. The zero-order chi connectivity index (χ0) is 15.5. The Morgan fingerprint density at radius 1 is 1.00 bits per heavy atom. The first-order valence-corrected chi connectivity index (χ1v) is 6.90. The van der Waals surface area contributed by atoms with E-state index in [1.54, 1.807) is 7.11 Å². The van der Waals surface area contributed by atoms with Crippen LogP contribution < -0.4 is 4.74 Å². The van der Waals surface area contributed by atoms with Gasteiger partial charge in [-0.15, -0.1) is 0 Å². The third-order valence-electron chi connectivity index (χ3n) is 3.58. The quantitative estimate of drug-likeness (QED) is 0.739. The molecule has 22 heavy (non-hydrogen) atoms. The Kier molecular flexibility index (Phi) is 3.63. The predicted molar refractivity (Wildman–Crippen MR) is 85.3 cm³/mol. The minimum atomic E-state index is 0.654. The van der Waals surface area contributed by atoms with E-state index >= 15 is 0 Å². The Balaban J connectivity index is 1.97. The Morgan fingerprint density at radius 2 is 1.64 bits per heavy atom. The number of methoxy groups -OCH3 is 1. The lowest BCUT2D eigenvalue weighted by molar-refractivity contribution is 0.415. The Morgan fingerprint density at radius 3 is 2.23 bits per heavy atom. The molecule has 0 saturated carbocycles. The van der Waals surface area contributed by atoms with Gasteiger partial charge in [-0.05, 0) is 48.0 Å². The highest BCUT2D eigenvalue weighted by atomic mass is 16.5. The van der Waals surface area contributed by atoms with E-state index in [2.05, 4.69) is 11.2 Å². The number of rotatable bonds is 3. The van der Waals surface area contributed by atoms with E-state index in [0.717, 1.165) is 28.3 Å². The van der Waals surface area contributed by atoms with Gasteiger partial charge in [-0.2, -0.15) is 10.4 Å². The summed E-state index contributed by atoms with van der Waals surface area (Å²) >= 11 is 0. The number of hydrogen-bond acceptors (Lipinski definition) is 3. The van der Waals surface area contributed by atoms with Crippen LogP contribution in [0.1, 0.15) is 5.56 Å². The van der Waals surface area contributed by atoms with Gasteiger partial charge in [0.1, 0.15) is 5.75 Å². The highest BCUT2D eigenvalue weighted by molar-refractivity contribution is 5.69. The SMILES string of the molecule is COc1ccc(-c2cc(-c3ccc(C#N)cc3)n(C)n2)cc1. The van der Waals surface area contributed by atoms with Crippen molar-refractivity contribution in [2.45, 2.75) is 0 Å². The maximum Gasteiger partial charge on any atom is 0.118 e.